The lowest BCUT2D eigenvalue weighted by Crippen LogP contribution is -2.35. The van der Waals surface area contributed by atoms with Gasteiger partial charge >= 0.3 is 6.18 Å². The molecule has 2 aromatic rings. The summed E-state index contributed by atoms with van der Waals surface area (Å²) in [6, 6.07) is 6.05. The van der Waals surface area contributed by atoms with Gasteiger partial charge in [-0.2, -0.15) is 13.2 Å². The van der Waals surface area contributed by atoms with Crippen molar-refractivity contribution in [2.24, 2.45) is 13.0 Å². The second-order valence-corrected chi connectivity index (χ2v) is 10.7. The number of hydrogen-bond acceptors (Lipinski definition) is 6. The fourth-order valence-corrected chi connectivity index (χ4v) is 6.45. The molecule has 2 atom stereocenters. The Morgan fingerprint density at radius 2 is 1.82 bits per heavy atom. The second kappa shape index (κ2) is 10.1. The largest absolute Gasteiger partial charge is 0.416 e. The topological polar surface area (TPSA) is 46.4 Å². The van der Waals surface area contributed by atoms with Gasteiger partial charge in [0.2, 0.25) is 0 Å². The average molecular weight is 496 g/mol. The van der Waals surface area contributed by atoms with E-state index < -0.39 is 11.7 Å². The number of hydrogen-bond donors (Lipinski definition) is 0. The molecule has 1 aromatic carbocycles. The zero-order chi connectivity index (χ0) is 23.7. The Morgan fingerprint density at radius 1 is 1.06 bits per heavy atom. The molecule has 0 N–H and O–H groups in total. The third-order valence-corrected chi connectivity index (χ3v) is 8.56. The number of rotatable bonds is 7. The normalized spacial score (nSPS) is 24.2. The van der Waals surface area contributed by atoms with Gasteiger partial charge in [-0.1, -0.05) is 11.8 Å². The molecule has 0 spiro atoms. The first-order valence-corrected chi connectivity index (χ1v) is 13.1. The summed E-state index contributed by atoms with van der Waals surface area (Å²) >= 11 is 1.77. The number of thioether (sulfide) groups is 1. The number of aromatic nitrogens is 3. The van der Waals surface area contributed by atoms with Crippen LogP contribution in [0.5, 0.6) is 0 Å². The second-order valence-electron chi connectivity index (χ2n) is 9.60. The molecule has 0 amide bonds. The van der Waals surface area contributed by atoms with Gasteiger partial charge in [0.25, 0.3) is 0 Å². The number of alkyl halides is 3. The summed E-state index contributed by atoms with van der Waals surface area (Å²) in [4.78, 5) is 4.81. The summed E-state index contributed by atoms with van der Waals surface area (Å²) < 4.78 is 46.3. The van der Waals surface area contributed by atoms with E-state index in [2.05, 4.69) is 31.6 Å². The number of fused-ring (bicyclic) bond motifs is 1. The Kier molecular flexibility index (Phi) is 7.09. The quantitative estimate of drug-likeness (QED) is 0.419. The van der Waals surface area contributed by atoms with Crippen LogP contribution in [0.4, 0.5) is 18.9 Å². The van der Waals surface area contributed by atoms with Gasteiger partial charge in [0.1, 0.15) is 5.82 Å². The number of likely N-dealkylation sites (tertiary alicyclic amines) is 1. The first-order chi connectivity index (χ1) is 16.4. The lowest BCUT2D eigenvalue weighted by atomic mass is 10.00. The number of nitrogens with zero attached hydrogens (tertiary/aromatic N) is 5. The predicted molar refractivity (Wildman–Crippen MR) is 126 cm³/mol. The van der Waals surface area contributed by atoms with E-state index in [-0.39, 0.29) is 0 Å². The number of halogens is 3. The number of benzene rings is 1. The van der Waals surface area contributed by atoms with Gasteiger partial charge in [0.15, 0.2) is 5.16 Å². The van der Waals surface area contributed by atoms with E-state index in [0.717, 1.165) is 87.5 Å². The Balaban J connectivity index is 1.09. The molecule has 186 valence electrons. The molecule has 1 aromatic heterocycles. The average Bonchev–Trinajstić information content (AvgIpc) is 3.51. The lowest BCUT2D eigenvalue weighted by molar-refractivity contribution is -0.137. The predicted octanol–water partition coefficient (Wildman–Crippen LogP) is 4.42. The maximum Gasteiger partial charge on any atom is 0.416 e. The molecular formula is C24H32F3N5OS. The molecule has 4 heterocycles. The molecule has 34 heavy (non-hydrogen) atoms. The molecule has 3 saturated heterocycles. The lowest BCUT2D eigenvalue weighted by Gasteiger charge is -2.27. The van der Waals surface area contributed by atoms with Crippen LogP contribution in [0.2, 0.25) is 0 Å². The molecule has 5 rings (SSSR count). The van der Waals surface area contributed by atoms with Crippen molar-refractivity contribution in [1.29, 1.82) is 0 Å². The maximum atomic E-state index is 12.9. The van der Waals surface area contributed by atoms with Crippen LogP contribution < -0.4 is 4.90 Å². The smallest absolute Gasteiger partial charge is 0.381 e. The molecule has 3 aliphatic heterocycles. The molecule has 0 radical (unpaired) electrons. The van der Waals surface area contributed by atoms with Crippen LogP contribution in [-0.2, 0) is 18.0 Å². The van der Waals surface area contributed by atoms with Crippen LogP contribution >= 0.6 is 11.8 Å². The first-order valence-electron chi connectivity index (χ1n) is 12.2. The molecule has 2 unspecified atom stereocenters. The van der Waals surface area contributed by atoms with Gasteiger partial charge in [-0.25, -0.2) is 0 Å². The SMILES string of the molecule is Cn1c(SCCCN2CC3CCN(c4ccc(C(F)(F)F)cc4)C3C2)nnc1C1CCOCC1. The van der Waals surface area contributed by atoms with Gasteiger partial charge in [-0.3, -0.25) is 0 Å². The van der Waals surface area contributed by atoms with Crippen molar-refractivity contribution in [3.63, 3.8) is 0 Å². The van der Waals surface area contributed by atoms with Crippen molar-refractivity contribution < 1.29 is 17.9 Å². The van der Waals surface area contributed by atoms with E-state index in [1.54, 1.807) is 23.9 Å². The van der Waals surface area contributed by atoms with Gasteiger partial charge in [-0.05, 0) is 62.4 Å². The highest BCUT2D eigenvalue weighted by molar-refractivity contribution is 7.99. The highest BCUT2D eigenvalue weighted by atomic mass is 32.2. The van der Waals surface area contributed by atoms with E-state index >= 15 is 0 Å². The van der Waals surface area contributed by atoms with E-state index in [1.165, 1.54) is 12.1 Å². The first kappa shape index (κ1) is 23.9. The van der Waals surface area contributed by atoms with Crippen molar-refractivity contribution in [2.45, 2.75) is 49.0 Å². The minimum Gasteiger partial charge on any atom is -0.381 e. The summed E-state index contributed by atoms with van der Waals surface area (Å²) in [6.07, 6.45) is -0.0881. The molecule has 3 aliphatic rings. The Hall–Kier alpha value is -1.78. The summed E-state index contributed by atoms with van der Waals surface area (Å²) in [6.45, 7) is 5.61. The third kappa shape index (κ3) is 5.09. The highest BCUT2D eigenvalue weighted by Crippen LogP contribution is 2.37. The van der Waals surface area contributed by atoms with E-state index in [4.69, 9.17) is 4.74 Å². The summed E-state index contributed by atoms with van der Waals surface area (Å²) in [7, 11) is 2.06. The van der Waals surface area contributed by atoms with Gasteiger partial charge in [0, 0.05) is 63.3 Å². The Labute approximate surface area is 202 Å². The summed E-state index contributed by atoms with van der Waals surface area (Å²) in [5.41, 5.74) is 0.320. The molecule has 3 fully saturated rings. The maximum absolute atomic E-state index is 12.9. The minimum absolute atomic E-state index is 0.394. The Bertz CT molecular complexity index is 961. The van der Waals surface area contributed by atoms with Crippen LogP contribution in [-0.4, -0.2) is 70.9 Å². The van der Waals surface area contributed by atoms with E-state index in [1.807, 2.05) is 0 Å². The van der Waals surface area contributed by atoms with Crippen molar-refractivity contribution in [3.05, 3.63) is 35.7 Å². The molecule has 10 heteroatoms. The molecule has 6 nitrogen and oxygen atoms in total. The van der Waals surface area contributed by atoms with Crippen LogP contribution in [0.15, 0.2) is 29.4 Å². The molecule has 0 bridgehead atoms. The van der Waals surface area contributed by atoms with Gasteiger partial charge in [0.05, 0.1) is 5.56 Å². The van der Waals surface area contributed by atoms with Crippen molar-refractivity contribution >= 4 is 17.4 Å². The fraction of sp³-hybridized carbons (Fsp3) is 0.667. The van der Waals surface area contributed by atoms with Crippen LogP contribution in [0.1, 0.15) is 43.0 Å². The number of ether oxygens (including phenoxy) is 1. The van der Waals surface area contributed by atoms with Crippen molar-refractivity contribution in [3.8, 4) is 0 Å². The molecule has 0 aliphatic carbocycles. The summed E-state index contributed by atoms with van der Waals surface area (Å²) in [5.74, 6) is 3.10. The monoisotopic (exact) mass is 495 g/mol. The Morgan fingerprint density at radius 3 is 2.56 bits per heavy atom. The fourth-order valence-electron chi connectivity index (χ4n) is 5.61. The zero-order valence-electron chi connectivity index (χ0n) is 19.5. The van der Waals surface area contributed by atoms with Crippen molar-refractivity contribution in [1.82, 2.24) is 19.7 Å². The van der Waals surface area contributed by atoms with E-state index in [0.29, 0.717) is 17.9 Å². The van der Waals surface area contributed by atoms with Crippen molar-refractivity contribution in [2.75, 3.05) is 50.0 Å². The van der Waals surface area contributed by atoms with Crippen LogP contribution in [0.25, 0.3) is 0 Å². The third-order valence-electron chi connectivity index (χ3n) is 7.45. The number of anilines is 1. The zero-order valence-corrected chi connectivity index (χ0v) is 20.3. The highest BCUT2D eigenvalue weighted by Gasteiger charge is 2.41. The molecular weight excluding hydrogens is 463 g/mol. The van der Waals surface area contributed by atoms with E-state index in [9.17, 15) is 13.2 Å². The summed E-state index contributed by atoms with van der Waals surface area (Å²) in [5, 5.41) is 9.84. The standard InChI is InChI=1S/C24H32F3N5OS/c1-30-22(17-8-12-33-13-9-17)28-29-23(30)34-14-2-10-31-15-18-7-11-32(21(18)16-31)20-5-3-19(4-6-20)24(25,26)27/h3-6,17-18,21H,2,7-16H2,1H3. The van der Waals surface area contributed by atoms with Crippen LogP contribution in [0, 0.1) is 5.92 Å². The minimum atomic E-state index is -4.29. The van der Waals surface area contributed by atoms with Gasteiger partial charge in [-0.15, -0.1) is 10.2 Å². The van der Waals surface area contributed by atoms with Gasteiger partial charge < -0.3 is 19.1 Å². The molecule has 0 saturated carbocycles. The van der Waals surface area contributed by atoms with Crippen LogP contribution in [0.3, 0.4) is 0 Å².